The summed E-state index contributed by atoms with van der Waals surface area (Å²) in [4.78, 5) is 33.2. The van der Waals surface area contributed by atoms with Gasteiger partial charge in [-0.2, -0.15) is 0 Å². The van der Waals surface area contributed by atoms with E-state index in [4.69, 9.17) is 0 Å². The third-order valence-electron chi connectivity index (χ3n) is 6.10. The van der Waals surface area contributed by atoms with E-state index in [1.165, 1.54) is 12.8 Å². The Bertz CT molecular complexity index is 867. The SMILES string of the molecule is Cc1ccc(N(CC(=O)NC2CCCC2)C(=O)c2ccc(N3CCCC3)[nH+]c2)cc1. The zero-order chi connectivity index (χ0) is 20.9. The van der Waals surface area contributed by atoms with E-state index in [0.29, 0.717) is 5.56 Å². The molecule has 0 atom stereocenters. The van der Waals surface area contributed by atoms with E-state index in [0.717, 1.165) is 55.8 Å². The van der Waals surface area contributed by atoms with Crippen LogP contribution in [-0.2, 0) is 4.79 Å². The van der Waals surface area contributed by atoms with Crippen LogP contribution < -0.4 is 20.1 Å². The van der Waals surface area contributed by atoms with Crippen LogP contribution in [-0.4, -0.2) is 37.5 Å². The number of nitrogens with one attached hydrogen (secondary N) is 2. The molecule has 2 amide bonds. The minimum Gasteiger partial charge on any atom is -0.352 e. The summed E-state index contributed by atoms with van der Waals surface area (Å²) in [5, 5.41) is 3.10. The molecule has 4 rings (SSSR count). The third kappa shape index (κ3) is 4.81. The van der Waals surface area contributed by atoms with Crippen molar-refractivity contribution in [3.05, 3.63) is 53.7 Å². The van der Waals surface area contributed by atoms with Crippen molar-refractivity contribution in [1.82, 2.24) is 5.32 Å². The van der Waals surface area contributed by atoms with Gasteiger partial charge in [0, 0.05) is 17.8 Å². The smallest absolute Gasteiger partial charge is 0.274 e. The van der Waals surface area contributed by atoms with Crippen molar-refractivity contribution in [3.8, 4) is 0 Å². The monoisotopic (exact) mass is 407 g/mol. The fourth-order valence-electron chi connectivity index (χ4n) is 4.35. The molecular weight excluding hydrogens is 376 g/mol. The molecule has 2 aromatic rings. The van der Waals surface area contributed by atoms with Gasteiger partial charge in [-0.15, -0.1) is 0 Å². The Kier molecular flexibility index (Phi) is 6.31. The molecule has 158 valence electrons. The fraction of sp³-hybridized carbons (Fsp3) is 0.458. The molecule has 2 heterocycles. The standard InChI is InChI=1S/C24H30N4O2/c1-18-8-11-21(12-9-18)28(17-23(29)26-20-6-2-3-7-20)24(30)19-10-13-22(25-16-19)27-14-4-5-15-27/h8-13,16,20H,2-7,14-15,17H2,1H3,(H,26,29)/p+1. The minimum absolute atomic E-state index is 0.0201. The molecule has 1 aliphatic heterocycles. The number of aryl methyl sites for hydroxylation is 1. The highest BCUT2D eigenvalue weighted by Gasteiger charge is 2.25. The van der Waals surface area contributed by atoms with Crippen LogP contribution in [0.15, 0.2) is 42.6 Å². The molecule has 1 saturated carbocycles. The average molecular weight is 408 g/mol. The minimum atomic E-state index is -0.176. The molecule has 1 aliphatic carbocycles. The van der Waals surface area contributed by atoms with Gasteiger partial charge in [-0.3, -0.25) is 19.4 Å². The van der Waals surface area contributed by atoms with Crippen molar-refractivity contribution < 1.29 is 14.6 Å². The van der Waals surface area contributed by atoms with Crippen LogP contribution in [0.3, 0.4) is 0 Å². The van der Waals surface area contributed by atoms with Crippen LogP contribution >= 0.6 is 0 Å². The lowest BCUT2D eigenvalue weighted by Gasteiger charge is -2.23. The van der Waals surface area contributed by atoms with Crippen LogP contribution in [0.2, 0.25) is 0 Å². The van der Waals surface area contributed by atoms with Crippen LogP contribution in [0.1, 0.15) is 54.4 Å². The van der Waals surface area contributed by atoms with E-state index in [2.05, 4.69) is 15.2 Å². The van der Waals surface area contributed by atoms with Crippen molar-refractivity contribution in [2.75, 3.05) is 29.4 Å². The van der Waals surface area contributed by atoms with Gasteiger partial charge in [0.15, 0.2) is 0 Å². The average Bonchev–Trinajstić information content (AvgIpc) is 3.47. The summed E-state index contributed by atoms with van der Waals surface area (Å²) in [6.07, 6.45) is 8.52. The van der Waals surface area contributed by atoms with E-state index in [9.17, 15) is 9.59 Å². The van der Waals surface area contributed by atoms with Crippen LogP contribution in [0.4, 0.5) is 11.5 Å². The molecule has 1 aromatic carbocycles. The molecule has 1 saturated heterocycles. The first-order chi connectivity index (χ1) is 14.6. The number of pyridine rings is 1. The number of carbonyl (C=O) groups excluding carboxylic acids is 2. The Morgan fingerprint density at radius 2 is 1.73 bits per heavy atom. The van der Waals surface area contributed by atoms with Gasteiger partial charge in [0.1, 0.15) is 12.7 Å². The maximum Gasteiger partial charge on any atom is 0.274 e. The lowest BCUT2D eigenvalue weighted by molar-refractivity contribution is -0.364. The molecule has 0 bridgehead atoms. The van der Waals surface area contributed by atoms with Gasteiger partial charge in [-0.1, -0.05) is 30.5 Å². The summed E-state index contributed by atoms with van der Waals surface area (Å²) in [5.41, 5.74) is 2.40. The number of aromatic nitrogens is 1. The molecule has 2 N–H and O–H groups in total. The molecule has 6 nitrogen and oxygen atoms in total. The second-order valence-electron chi connectivity index (χ2n) is 8.43. The molecule has 6 heteroatoms. The summed E-state index contributed by atoms with van der Waals surface area (Å²) >= 11 is 0. The van der Waals surface area contributed by atoms with Crippen molar-refractivity contribution in [3.63, 3.8) is 0 Å². The van der Waals surface area contributed by atoms with Crippen molar-refractivity contribution in [1.29, 1.82) is 0 Å². The maximum atomic E-state index is 13.3. The van der Waals surface area contributed by atoms with Gasteiger partial charge in [0.05, 0.1) is 18.7 Å². The predicted octanol–water partition coefficient (Wildman–Crippen LogP) is 3.11. The molecule has 0 unspecified atom stereocenters. The Morgan fingerprint density at radius 1 is 1.03 bits per heavy atom. The Balaban J connectivity index is 1.52. The number of benzene rings is 1. The first-order valence-corrected chi connectivity index (χ1v) is 11.0. The quantitative estimate of drug-likeness (QED) is 0.800. The Morgan fingerprint density at radius 3 is 2.37 bits per heavy atom. The molecule has 1 aromatic heterocycles. The molecule has 0 radical (unpaired) electrons. The highest BCUT2D eigenvalue weighted by atomic mass is 16.2. The lowest BCUT2D eigenvalue weighted by Crippen LogP contribution is -2.44. The van der Waals surface area contributed by atoms with E-state index >= 15 is 0 Å². The fourth-order valence-corrected chi connectivity index (χ4v) is 4.35. The number of aromatic amines is 1. The Hall–Kier alpha value is -2.89. The first kappa shape index (κ1) is 20.4. The lowest BCUT2D eigenvalue weighted by atomic mass is 10.1. The number of H-pyrrole nitrogens is 1. The first-order valence-electron chi connectivity index (χ1n) is 11.0. The van der Waals surface area contributed by atoms with Crippen LogP contribution in [0, 0.1) is 6.92 Å². The van der Waals surface area contributed by atoms with E-state index < -0.39 is 0 Å². The molecule has 2 fully saturated rings. The number of amides is 2. The van der Waals surface area contributed by atoms with Crippen molar-refractivity contribution in [2.45, 2.75) is 51.5 Å². The number of hydrogen-bond acceptors (Lipinski definition) is 3. The third-order valence-corrected chi connectivity index (χ3v) is 6.10. The maximum absolute atomic E-state index is 13.3. The zero-order valence-electron chi connectivity index (χ0n) is 17.7. The number of hydrogen-bond donors (Lipinski definition) is 1. The highest BCUT2D eigenvalue weighted by Crippen LogP contribution is 2.21. The van der Waals surface area contributed by atoms with Crippen molar-refractivity contribution in [2.24, 2.45) is 0 Å². The number of nitrogens with zero attached hydrogens (tertiary/aromatic N) is 2. The number of anilines is 2. The molecule has 2 aliphatic rings. The van der Waals surface area contributed by atoms with Crippen LogP contribution in [0.5, 0.6) is 0 Å². The Labute approximate surface area is 178 Å². The summed E-state index contributed by atoms with van der Waals surface area (Å²) in [6, 6.07) is 11.8. The topological polar surface area (TPSA) is 66.8 Å². The van der Waals surface area contributed by atoms with Gasteiger partial charge in [0.2, 0.25) is 5.91 Å². The summed E-state index contributed by atoms with van der Waals surface area (Å²) in [6.45, 7) is 4.11. The van der Waals surface area contributed by atoms with E-state index in [-0.39, 0.29) is 24.4 Å². The summed E-state index contributed by atoms with van der Waals surface area (Å²) < 4.78 is 0. The van der Waals surface area contributed by atoms with Gasteiger partial charge in [-0.05, 0) is 50.8 Å². The normalized spacial score (nSPS) is 16.6. The largest absolute Gasteiger partial charge is 0.352 e. The zero-order valence-corrected chi connectivity index (χ0v) is 17.7. The van der Waals surface area contributed by atoms with E-state index in [1.54, 1.807) is 11.1 Å². The van der Waals surface area contributed by atoms with Gasteiger partial charge >= 0.3 is 0 Å². The second kappa shape index (κ2) is 9.28. The van der Waals surface area contributed by atoms with E-state index in [1.807, 2.05) is 43.3 Å². The molecular formula is C24H31N4O2+. The summed E-state index contributed by atoms with van der Waals surface area (Å²) in [7, 11) is 0. The number of carbonyl (C=O) groups is 2. The van der Waals surface area contributed by atoms with Gasteiger partial charge in [0.25, 0.3) is 11.7 Å². The highest BCUT2D eigenvalue weighted by molar-refractivity contribution is 6.08. The predicted molar refractivity (Wildman–Crippen MR) is 118 cm³/mol. The van der Waals surface area contributed by atoms with Crippen LogP contribution in [0.25, 0.3) is 0 Å². The summed E-state index contributed by atoms with van der Waals surface area (Å²) in [5.74, 6) is 0.753. The van der Waals surface area contributed by atoms with Crippen molar-refractivity contribution >= 4 is 23.3 Å². The number of rotatable bonds is 6. The second-order valence-corrected chi connectivity index (χ2v) is 8.43. The molecule has 0 spiro atoms. The van der Waals surface area contributed by atoms with Gasteiger partial charge < -0.3 is 5.32 Å². The van der Waals surface area contributed by atoms with Gasteiger partial charge in [-0.25, -0.2) is 4.98 Å². The molecule has 30 heavy (non-hydrogen) atoms.